The van der Waals surface area contributed by atoms with Crippen molar-refractivity contribution in [3.8, 4) is 5.75 Å². The highest BCUT2D eigenvalue weighted by Gasteiger charge is 2.48. The summed E-state index contributed by atoms with van der Waals surface area (Å²) in [6.45, 7) is 2.94. The van der Waals surface area contributed by atoms with Gasteiger partial charge in [0.25, 0.3) is 0 Å². The summed E-state index contributed by atoms with van der Waals surface area (Å²) < 4.78 is 16.3. The molecule has 13 heteroatoms. The molecule has 36 heavy (non-hydrogen) atoms. The summed E-state index contributed by atoms with van der Waals surface area (Å²) in [5.74, 6) is -0.183. The summed E-state index contributed by atoms with van der Waals surface area (Å²) in [6.07, 6.45) is -4.70. The molecule has 0 aromatic heterocycles. The van der Waals surface area contributed by atoms with Crippen molar-refractivity contribution in [3.63, 3.8) is 0 Å². The lowest BCUT2D eigenvalue weighted by molar-refractivity contribution is -0.271. The highest BCUT2D eigenvalue weighted by molar-refractivity contribution is 8.00. The van der Waals surface area contributed by atoms with Gasteiger partial charge >= 0.3 is 5.97 Å². The molecule has 1 aromatic carbocycles. The number of nitrogens with zero attached hydrogens (tertiary/aromatic N) is 1. The number of thioether (sulfide) groups is 2. The van der Waals surface area contributed by atoms with Crippen LogP contribution in [0.15, 0.2) is 23.2 Å². The first-order valence-electron chi connectivity index (χ1n) is 11.3. The van der Waals surface area contributed by atoms with E-state index in [2.05, 4.69) is 10.3 Å². The minimum Gasteiger partial charge on any atom is -0.479 e. The average molecular weight is 547 g/mol. The first-order chi connectivity index (χ1) is 17.2. The van der Waals surface area contributed by atoms with Gasteiger partial charge in [0.1, 0.15) is 24.1 Å². The largest absolute Gasteiger partial charge is 0.479 e. The number of carbonyl (C=O) groups excluding carboxylic acids is 1. The van der Waals surface area contributed by atoms with Gasteiger partial charge in [-0.2, -0.15) is 23.5 Å². The van der Waals surface area contributed by atoms with Crippen molar-refractivity contribution in [3.05, 3.63) is 23.8 Å². The van der Waals surface area contributed by atoms with Crippen LogP contribution in [0.25, 0.3) is 0 Å². The van der Waals surface area contributed by atoms with Crippen molar-refractivity contribution < 1.29 is 44.2 Å². The summed E-state index contributed by atoms with van der Waals surface area (Å²) in [5.41, 5.74) is 2.00. The smallest absolute Gasteiger partial charge is 0.335 e. The van der Waals surface area contributed by atoms with Gasteiger partial charge in [0.15, 0.2) is 6.10 Å². The van der Waals surface area contributed by atoms with E-state index in [9.17, 15) is 30.0 Å². The van der Waals surface area contributed by atoms with Crippen LogP contribution >= 0.6 is 23.5 Å². The highest BCUT2D eigenvalue weighted by Crippen LogP contribution is 2.31. The molecule has 1 aliphatic heterocycles. The second-order valence-corrected chi connectivity index (χ2v) is 9.66. The Labute approximate surface area is 218 Å². The van der Waals surface area contributed by atoms with Crippen LogP contribution < -0.4 is 10.1 Å². The standard InChI is InChI=1S/C23H34N2O9S2/c1-4-32-10-13-5-6-16(33-23-20(29)18(27)19(28)21(34-23)22(30)31)15(9-13)25-17(26)7-8-24-14(11-35-2)12-36-3/h5-6,9,18-21,23,27-29H,4,7-8,10-12H2,1-3H3,(H,25,26)(H,30,31)/t18-,19-,20+,21-,23?/m1/s1. The van der Waals surface area contributed by atoms with Crippen LogP contribution in [0.2, 0.25) is 0 Å². The topological polar surface area (TPSA) is 167 Å². The zero-order valence-corrected chi connectivity index (χ0v) is 22.1. The number of amides is 1. The number of anilines is 1. The highest BCUT2D eigenvalue weighted by atomic mass is 32.2. The number of carboxylic acid groups (broad SMARTS) is 1. The fourth-order valence-electron chi connectivity index (χ4n) is 3.36. The molecule has 0 spiro atoms. The van der Waals surface area contributed by atoms with Crippen molar-refractivity contribution in [1.29, 1.82) is 0 Å². The van der Waals surface area contributed by atoms with Crippen molar-refractivity contribution in [2.45, 2.75) is 50.7 Å². The monoisotopic (exact) mass is 546 g/mol. The van der Waals surface area contributed by atoms with Gasteiger partial charge in [0.05, 0.1) is 12.3 Å². The number of aliphatic hydroxyl groups is 3. The van der Waals surface area contributed by atoms with E-state index in [4.69, 9.17) is 14.2 Å². The average Bonchev–Trinajstić information content (AvgIpc) is 2.84. The van der Waals surface area contributed by atoms with Gasteiger partial charge in [-0.25, -0.2) is 4.79 Å². The number of aliphatic imine (C=N–C) groups is 1. The van der Waals surface area contributed by atoms with Crippen molar-refractivity contribution in [1.82, 2.24) is 0 Å². The number of nitrogens with one attached hydrogen (secondary N) is 1. The van der Waals surface area contributed by atoms with Crippen LogP contribution in [0.4, 0.5) is 5.69 Å². The summed E-state index contributed by atoms with van der Waals surface area (Å²) >= 11 is 3.33. The predicted octanol–water partition coefficient (Wildman–Crippen LogP) is 0.990. The predicted molar refractivity (Wildman–Crippen MR) is 139 cm³/mol. The SMILES string of the molecule is CCOCc1ccc(OC2O[C@@H](C(=O)O)[C@H](O)[C@@H](O)[C@@H]2O)c(NC(=O)CCN=C(CSC)CSC)c1. The van der Waals surface area contributed by atoms with Gasteiger partial charge in [0.2, 0.25) is 12.2 Å². The lowest BCUT2D eigenvalue weighted by Crippen LogP contribution is -2.61. The zero-order valence-electron chi connectivity index (χ0n) is 20.5. The molecule has 0 radical (unpaired) electrons. The fraction of sp³-hybridized carbons (Fsp3) is 0.609. The minimum atomic E-state index is -1.84. The molecule has 1 aromatic rings. The number of carboxylic acids is 1. The molecule has 1 fully saturated rings. The Morgan fingerprint density at radius 1 is 1.11 bits per heavy atom. The Kier molecular flexibility index (Phi) is 13.0. The van der Waals surface area contributed by atoms with E-state index in [1.165, 1.54) is 6.07 Å². The number of hydrogen-bond acceptors (Lipinski definition) is 11. The van der Waals surface area contributed by atoms with E-state index >= 15 is 0 Å². The molecule has 0 bridgehead atoms. The third kappa shape index (κ3) is 8.91. The quantitative estimate of drug-likeness (QED) is 0.211. The molecule has 1 heterocycles. The molecule has 1 unspecified atom stereocenters. The zero-order chi connectivity index (χ0) is 26.7. The maximum atomic E-state index is 12.7. The van der Waals surface area contributed by atoms with E-state index in [1.54, 1.807) is 35.7 Å². The number of aliphatic hydroxyl groups excluding tert-OH is 3. The van der Waals surface area contributed by atoms with E-state index in [-0.39, 0.29) is 30.4 Å². The molecule has 1 saturated heterocycles. The molecule has 1 aliphatic rings. The normalized spacial score (nSPS) is 23.7. The lowest BCUT2D eigenvalue weighted by Gasteiger charge is -2.38. The minimum absolute atomic E-state index is 0.0781. The molecule has 2 rings (SSSR count). The fourth-order valence-corrected chi connectivity index (χ4v) is 4.54. The third-order valence-corrected chi connectivity index (χ3v) is 6.39. The molecule has 5 atom stereocenters. The van der Waals surface area contributed by atoms with Crippen LogP contribution in [0.3, 0.4) is 0 Å². The Bertz CT molecular complexity index is 894. The maximum Gasteiger partial charge on any atom is 0.335 e. The molecule has 202 valence electrons. The van der Waals surface area contributed by atoms with Crippen LogP contribution in [0.1, 0.15) is 18.9 Å². The van der Waals surface area contributed by atoms with Gasteiger partial charge in [-0.15, -0.1) is 0 Å². The number of hydrogen-bond donors (Lipinski definition) is 5. The van der Waals surface area contributed by atoms with Gasteiger partial charge in [-0.1, -0.05) is 6.07 Å². The third-order valence-electron chi connectivity index (χ3n) is 5.14. The molecule has 0 aliphatic carbocycles. The Morgan fingerprint density at radius 2 is 1.81 bits per heavy atom. The molecule has 11 nitrogen and oxygen atoms in total. The Morgan fingerprint density at radius 3 is 2.42 bits per heavy atom. The molecule has 1 amide bonds. The summed E-state index contributed by atoms with van der Waals surface area (Å²) in [5, 5.41) is 42.3. The number of rotatable bonds is 14. The summed E-state index contributed by atoms with van der Waals surface area (Å²) in [7, 11) is 0. The van der Waals surface area contributed by atoms with Gasteiger partial charge in [-0.05, 0) is 37.1 Å². The first kappa shape index (κ1) is 30.4. The van der Waals surface area contributed by atoms with Crippen molar-refractivity contribution in [2.75, 3.05) is 42.5 Å². The molecular weight excluding hydrogens is 512 g/mol. The second kappa shape index (κ2) is 15.4. The number of carbonyl (C=O) groups is 2. The van der Waals surface area contributed by atoms with E-state index in [1.807, 2.05) is 19.4 Å². The number of ether oxygens (including phenoxy) is 3. The van der Waals surface area contributed by atoms with E-state index in [0.29, 0.717) is 13.2 Å². The maximum absolute atomic E-state index is 12.7. The van der Waals surface area contributed by atoms with E-state index in [0.717, 1.165) is 22.8 Å². The Hall–Kier alpha value is -1.87. The van der Waals surface area contributed by atoms with Crippen molar-refractivity contribution in [2.24, 2.45) is 4.99 Å². The van der Waals surface area contributed by atoms with E-state index < -0.39 is 36.7 Å². The lowest BCUT2D eigenvalue weighted by atomic mass is 9.99. The van der Waals surface area contributed by atoms with Crippen LogP contribution in [-0.2, 0) is 25.7 Å². The van der Waals surface area contributed by atoms with Crippen LogP contribution in [0, 0.1) is 0 Å². The molecule has 0 saturated carbocycles. The van der Waals surface area contributed by atoms with Crippen LogP contribution in [-0.4, -0.2) is 106 Å². The summed E-state index contributed by atoms with van der Waals surface area (Å²) in [4.78, 5) is 28.6. The first-order valence-corrected chi connectivity index (χ1v) is 14.1. The van der Waals surface area contributed by atoms with Gasteiger partial charge < -0.3 is 40.0 Å². The molecular formula is C23H34N2O9S2. The van der Waals surface area contributed by atoms with Gasteiger partial charge in [0, 0.05) is 36.8 Å². The van der Waals surface area contributed by atoms with Gasteiger partial charge in [-0.3, -0.25) is 9.79 Å². The number of benzene rings is 1. The number of aliphatic carboxylic acids is 1. The molecule has 5 N–H and O–H groups in total. The Balaban J connectivity index is 2.19. The second-order valence-electron chi connectivity index (χ2n) is 7.93. The van der Waals surface area contributed by atoms with Crippen LogP contribution in [0.5, 0.6) is 5.75 Å². The summed E-state index contributed by atoms with van der Waals surface area (Å²) in [6, 6.07) is 4.83. The van der Waals surface area contributed by atoms with Crippen molar-refractivity contribution >= 4 is 46.8 Å².